The topological polar surface area (TPSA) is 34.4 Å². The second-order valence-corrected chi connectivity index (χ2v) is 4.89. The average molecular weight is 288 g/mol. The highest BCUT2D eigenvalue weighted by Crippen LogP contribution is 2.28. The van der Waals surface area contributed by atoms with Crippen LogP contribution in [0.25, 0.3) is 11.0 Å². The lowest BCUT2D eigenvalue weighted by Gasteiger charge is -2.10. The molecular formula is C16H14ClNO2. The molecule has 0 amide bonds. The van der Waals surface area contributed by atoms with Crippen LogP contribution in [0.3, 0.4) is 0 Å². The summed E-state index contributed by atoms with van der Waals surface area (Å²) in [6, 6.07) is 15.4. The summed E-state index contributed by atoms with van der Waals surface area (Å²) in [7, 11) is 1.63. The number of benzene rings is 2. The molecule has 0 saturated heterocycles. The molecular weight excluding hydrogens is 274 g/mol. The molecule has 0 aliphatic heterocycles. The van der Waals surface area contributed by atoms with E-state index in [0.717, 1.165) is 28.2 Å². The van der Waals surface area contributed by atoms with E-state index < -0.39 is 0 Å². The molecule has 3 nitrogen and oxygen atoms in total. The number of anilines is 1. The highest BCUT2D eigenvalue weighted by atomic mass is 35.5. The number of para-hydroxylation sites is 1. The predicted octanol–water partition coefficient (Wildman–Crippen LogP) is 4.71. The van der Waals surface area contributed by atoms with E-state index in [1.54, 1.807) is 13.2 Å². The summed E-state index contributed by atoms with van der Waals surface area (Å²) in [5, 5.41) is 5.04. The molecule has 3 aromatic rings. The number of furan rings is 1. The maximum Gasteiger partial charge on any atom is 0.142 e. The minimum absolute atomic E-state index is 0.575. The summed E-state index contributed by atoms with van der Waals surface area (Å²) in [6.07, 6.45) is 0. The lowest BCUT2D eigenvalue weighted by atomic mass is 10.2. The van der Waals surface area contributed by atoms with E-state index in [4.69, 9.17) is 20.8 Å². The van der Waals surface area contributed by atoms with Gasteiger partial charge in [0.25, 0.3) is 0 Å². The Labute approximate surface area is 122 Å². The molecule has 0 bridgehead atoms. The van der Waals surface area contributed by atoms with Crippen molar-refractivity contribution < 1.29 is 9.15 Å². The Balaban J connectivity index is 1.80. The minimum Gasteiger partial charge on any atom is -0.495 e. The van der Waals surface area contributed by atoms with Gasteiger partial charge in [-0.05, 0) is 30.3 Å². The standard InChI is InChI=1S/C16H14ClNO2/c1-19-16-7-6-12(17)9-14(16)18-10-13-8-11-4-2-3-5-15(11)20-13/h2-9,18H,10H2,1H3. The van der Waals surface area contributed by atoms with Gasteiger partial charge in [0.05, 0.1) is 19.3 Å². The van der Waals surface area contributed by atoms with Crippen molar-refractivity contribution in [3.05, 3.63) is 59.3 Å². The van der Waals surface area contributed by atoms with Crippen molar-refractivity contribution in [2.75, 3.05) is 12.4 Å². The van der Waals surface area contributed by atoms with Crippen LogP contribution in [-0.4, -0.2) is 7.11 Å². The van der Waals surface area contributed by atoms with Crippen molar-refractivity contribution >= 4 is 28.3 Å². The van der Waals surface area contributed by atoms with Crippen LogP contribution < -0.4 is 10.1 Å². The van der Waals surface area contributed by atoms with Crippen molar-refractivity contribution in [2.24, 2.45) is 0 Å². The van der Waals surface area contributed by atoms with E-state index in [2.05, 4.69) is 5.32 Å². The zero-order valence-corrected chi connectivity index (χ0v) is 11.8. The second-order valence-electron chi connectivity index (χ2n) is 4.45. The number of nitrogens with one attached hydrogen (secondary N) is 1. The Kier molecular flexibility index (Phi) is 3.52. The van der Waals surface area contributed by atoms with Gasteiger partial charge in [-0.1, -0.05) is 29.8 Å². The lowest BCUT2D eigenvalue weighted by molar-refractivity contribution is 0.416. The van der Waals surface area contributed by atoms with E-state index >= 15 is 0 Å². The van der Waals surface area contributed by atoms with Gasteiger partial charge in [0.15, 0.2) is 0 Å². The van der Waals surface area contributed by atoms with Crippen molar-refractivity contribution in [3.63, 3.8) is 0 Å². The highest BCUT2D eigenvalue weighted by Gasteiger charge is 2.06. The van der Waals surface area contributed by atoms with Crippen LogP contribution in [0.1, 0.15) is 5.76 Å². The quantitative estimate of drug-likeness (QED) is 0.755. The van der Waals surface area contributed by atoms with Gasteiger partial charge < -0.3 is 14.5 Å². The first kappa shape index (κ1) is 12.9. The number of methoxy groups -OCH3 is 1. The molecule has 1 heterocycles. The number of ether oxygens (including phenoxy) is 1. The summed E-state index contributed by atoms with van der Waals surface area (Å²) in [5.41, 5.74) is 1.74. The fourth-order valence-electron chi connectivity index (χ4n) is 2.12. The van der Waals surface area contributed by atoms with E-state index in [9.17, 15) is 0 Å². The first-order valence-corrected chi connectivity index (χ1v) is 6.69. The van der Waals surface area contributed by atoms with Crippen molar-refractivity contribution in [1.29, 1.82) is 0 Å². The molecule has 0 aliphatic rings. The first-order valence-electron chi connectivity index (χ1n) is 6.31. The molecule has 1 aromatic heterocycles. The Morgan fingerprint density at radius 1 is 1.15 bits per heavy atom. The van der Waals surface area contributed by atoms with Crippen LogP contribution in [0.2, 0.25) is 5.02 Å². The third-order valence-corrected chi connectivity index (χ3v) is 3.33. The van der Waals surface area contributed by atoms with Crippen LogP contribution in [0, 0.1) is 0 Å². The summed E-state index contributed by atoms with van der Waals surface area (Å²) in [5.74, 6) is 1.62. The van der Waals surface area contributed by atoms with E-state index in [1.165, 1.54) is 0 Å². The number of fused-ring (bicyclic) bond motifs is 1. The molecule has 0 radical (unpaired) electrons. The fraction of sp³-hybridized carbons (Fsp3) is 0.125. The van der Waals surface area contributed by atoms with Crippen LogP contribution in [0.4, 0.5) is 5.69 Å². The number of hydrogen-bond acceptors (Lipinski definition) is 3. The van der Waals surface area contributed by atoms with Gasteiger partial charge in [-0.25, -0.2) is 0 Å². The zero-order valence-electron chi connectivity index (χ0n) is 11.0. The molecule has 0 fully saturated rings. The maximum atomic E-state index is 6.00. The fourth-order valence-corrected chi connectivity index (χ4v) is 2.30. The summed E-state index contributed by atoms with van der Waals surface area (Å²) >= 11 is 6.00. The third-order valence-electron chi connectivity index (χ3n) is 3.09. The molecule has 0 spiro atoms. The Hall–Kier alpha value is -2.13. The van der Waals surface area contributed by atoms with E-state index in [1.807, 2.05) is 42.5 Å². The van der Waals surface area contributed by atoms with Gasteiger partial charge in [0.2, 0.25) is 0 Å². The van der Waals surface area contributed by atoms with Gasteiger partial charge in [0.1, 0.15) is 17.1 Å². The van der Waals surface area contributed by atoms with Gasteiger partial charge in [0, 0.05) is 10.4 Å². The lowest BCUT2D eigenvalue weighted by Crippen LogP contribution is -2.00. The molecule has 0 unspecified atom stereocenters. The SMILES string of the molecule is COc1ccc(Cl)cc1NCc1cc2ccccc2o1. The van der Waals surface area contributed by atoms with Gasteiger partial charge in [-0.2, -0.15) is 0 Å². The van der Waals surface area contributed by atoms with E-state index in [0.29, 0.717) is 11.6 Å². The second kappa shape index (κ2) is 5.47. The molecule has 20 heavy (non-hydrogen) atoms. The van der Waals surface area contributed by atoms with Gasteiger partial charge >= 0.3 is 0 Å². The maximum absolute atomic E-state index is 6.00. The van der Waals surface area contributed by atoms with Crippen LogP contribution >= 0.6 is 11.6 Å². The molecule has 2 aromatic carbocycles. The number of hydrogen-bond donors (Lipinski definition) is 1. The van der Waals surface area contributed by atoms with Crippen molar-refractivity contribution in [2.45, 2.75) is 6.54 Å². The van der Waals surface area contributed by atoms with Crippen molar-refractivity contribution in [3.8, 4) is 5.75 Å². The number of halogens is 1. The smallest absolute Gasteiger partial charge is 0.142 e. The largest absolute Gasteiger partial charge is 0.495 e. The molecule has 1 N–H and O–H groups in total. The monoisotopic (exact) mass is 287 g/mol. The molecule has 102 valence electrons. The summed E-state index contributed by atoms with van der Waals surface area (Å²) in [6.45, 7) is 0.575. The zero-order chi connectivity index (χ0) is 13.9. The average Bonchev–Trinajstić information content (AvgIpc) is 2.88. The Bertz CT molecular complexity index is 703. The summed E-state index contributed by atoms with van der Waals surface area (Å²) < 4.78 is 11.1. The normalized spacial score (nSPS) is 10.7. The highest BCUT2D eigenvalue weighted by molar-refractivity contribution is 6.30. The molecule has 4 heteroatoms. The predicted molar refractivity (Wildman–Crippen MR) is 81.5 cm³/mol. The summed E-state index contributed by atoms with van der Waals surface area (Å²) in [4.78, 5) is 0. The number of rotatable bonds is 4. The molecule has 0 aliphatic carbocycles. The molecule has 0 saturated carbocycles. The third kappa shape index (κ3) is 2.58. The molecule has 0 atom stereocenters. The van der Waals surface area contributed by atoms with Crippen LogP contribution in [0.5, 0.6) is 5.75 Å². The molecule has 3 rings (SSSR count). The van der Waals surface area contributed by atoms with E-state index in [-0.39, 0.29) is 0 Å². The van der Waals surface area contributed by atoms with Crippen LogP contribution in [0.15, 0.2) is 52.9 Å². The first-order chi connectivity index (χ1) is 9.76. The van der Waals surface area contributed by atoms with Gasteiger partial charge in [-0.3, -0.25) is 0 Å². The van der Waals surface area contributed by atoms with Crippen molar-refractivity contribution in [1.82, 2.24) is 0 Å². The van der Waals surface area contributed by atoms with Crippen LogP contribution in [-0.2, 0) is 6.54 Å². The Morgan fingerprint density at radius 2 is 2.00 bits per heavy atom. The minimum atomic E-state index is 0.575. The Morgan fingerprint density at radius 3 is 2.80 bits per heavy atom. The van der Waals surface area contributed by atoms with Gasteiger partial charge in [-0.15, -0.1) is 0 Å².